The fourth-order valence-corrected chi connectivity index (χ4v) is 3.32. The van der Waals surface area contributed by atoms with E-state index in [-0.39, 0.29) is 11.5 Å². The number of fused-ring (bicyclic) bond motifs is 1. The van der Waals surface area contributed by atoms with Crippen LogP contribution in [0.1, 0.15) is 0 Å². The molecule has 32 heavy (non-hydrogen) atoms. The van der Waals surface area contributed by atoms with Gasteiger partial charge in [0.1, 0.15) is 17.0 Å². The number of aromatic nitrogens is 4. The number of aromatic amines is 1. The molecule has 0 radical (unpaired) electrons. The first kappa shape index (κ1) is 21.1. The quantitative estimate of drug-likeness (QED) is 0.393. The molecule has 0 unspecified atom stereocenters. The van der Waals surface area contributed by atoms with E-state index in [9.17, 15) is 8.78 Å². The molecule has 0 amide bonds. The second-order valence-corrected chi connectivity index (χ2v) is 6.60. The summed E-state index contributed by atoms with van der Waals surface area (Å²) < 4.78 is 43.6. The number of halogens is 2. The van der Waals surface area contributed by atoms with Crippen molar-refractivity contribution in [1.29, 1.82) is 0 Å². The maximum atomic E-state index is 14.1. The van der Waals surface area contributed by atoms with E-state index in [4.69, 9.17) is 14.2 Å². The highest BCUT2D eigenvalue weighted by Gasteiger charge is 2.19. The van der Waals surface area contributed by atoms with E-state index in [1.165, 1.54) is 33.6 Å². The van der Waals surface area contributed by atoms with Crippen molar-refractivity contribution < 1.29 is 23.0 Å². The summed E-state index contributed by atoms with van der Waals surface area (Å²) in [6.45, 7) is 0. The lowest BCUT2D eigenvalue weighted by Crippen LogP contribution is -2.04. The number of benzene rings is 2. The van der Waals surface area contributed by atoms with Gasteiger partial charge in [0.05, 0.1) is 26.9 Å². The van der Waals surface area contributed by atoms with Crippen molar-refractivity contribution in [2.24, 2.45) is 0 Å². The molecule has 9 nitrogen and oxygen atoms in total. The molecule has 4 rings (SSSR count). The number of rotatable bonds is 7. The van der Waals surface area contributed by atoms with Gasteiger partial charge in [-0.25, -0.2) is 13.8 Å². The first-order valence-corrected chi connectivity index (χ1v) is 9.45. The van der Waals surface area contributed by atoms with Crippen LogP contribution in [0, 0.1) is 11.6 Å². The molecule has 2 aromatic carbocycles. The first-order chi connectivity index (χ1) is 15.5. The Balaban J connectivity index is 1.72. The van der Waals surface area contributed by atoms with Gasteiger partial charge >= 0.3 is 0 Å². The summed E-state index contributed by atoms with van der Waals surface area (Å²) in [5.41, 5.74) is 1.49. The topological polar surface area (TPSA) is 106 Å². The van der Waals surface area contributed by atoms with Gasteiger partial charge in [0, 0.05) is 36.5 Å². The molecule has 4 aromatic rings. The van der Waals surface area contributed by atoms with E-state index >= 15 is 0 Å². The smallest absolute Gasteiger partial charge is 0.229 e. The van der Waals surface area contributed by atoms with Gasteiger partial charge < -0.3 is 24.8 Å². The SMILES string of the molecule is CNc1nc(Nc2cc(OC)c(OC)c(OC)c2)ncc1-c1n[nH]c2c(F)c(F)ccc12. The third-order valence-electron chi connectivity index (χ3n) is 4.83. The molecule has 11 heteroatoms. The maximum Gasteiger partial charge on any atom is 0.229 e. The number of anilines is 3. The Kier molecular flexibility index (Phi) is 5.63. The number of nitrogens with one attached hydrogen (secondary N) is 3. The van der Waals surface area contributed by atoms with Gasteiger partial charge in [0.25, 0.3) is 0 Å². The fourth-order valence-electron chi connectivity index (χ4n) is 3.32. The zero-order valence-electron chi connectivity index (χ0n) is 17.7. The van der Waals surface area contributed by atoms with Crippen LogP contribution in [-0.2, 0) is 0 Å². The number of hydrogen-bond donors (Lipinski definition) is 3. The van der Waals surface area contributed by atoms with Crippen LogP contribution in [0.3, 0.4) is 0 Å². The molecule has 0 spiro atoms. The van der Waals surface area contributed by atoms with Crippen LogP contribution < -0.4 is 24.8 Å². The van der Waals surface area contributed by atoms with Gasteiger partial charge in [-0.05, 0) is 12.1 Å². The van der Waals surface area contributed by atoms with Gasteiger partial charge in [0.15, 0.2) is 23.1 Å². The largest absolute Gasteiger partial charge is 0.493 e. The summed E-state index contributed by atoms with van der Waals surface area (Å²) in [6, 6.07) is 5.94. The predicted molar refractivity (Wildman–Crippen MR) is 116 cm³/mol. The normalized spacial score (nSPS) is 10.8. The van der Waals surface area contributed by atoms with Gasteiger partial charge in [-0.3, -0.25) is 5.10 Å². The highest BCUT2D eigenvalue weighted by Crippen LogP contribution is 2.40. The zero-order valence-corrected chi connectivity index (χ0v) is 17.7. The Hall–Kier alpha value is -4.15. The van der Waals surface area contributed by atoms with Crippen LogP contribution >= 0.6 is 0 Å². The minimum Gasteiger partial charge on any atom is -0.493 e. The molecule has 0 aliphatic rings. The lowest BCUT2D eigenvalue weighted by Gasteiger charge is -2.15. The second-order valence-electron chi connectivity index (χ2n) is 6.60. The Morgan fingerprint density at radius 3 is 2.34 bits per heavy atom. The predicted octanol–water partition coefficient (Wildman–Crippen LogP) is 4.11. The Morgan fingerprint density at radius 1 is 1.00 bits per heavy atom. The summed E-state index contributed by atoms with van der Waals surface area (Å²) in [7, 11) is 6.25. The number of nitrogens with zero attached hydrogens (tertiary/aromatic N) is 3. The molecular formula is C21H20F2N6O3. The van der Waals surface area contributed by atoms with Crippen molar-refractivity contribution in [1.82, 2.24) is 20.2 Å². The van der Waals surface area contributed by atoms with Crippen molar-refractivity contribution in [2.45, 2.75) is 0 Å². The van der Waals surface area contributed by atoms with Gasteiger partial charge in [-0.15, -0.1) is 0 Å². The van der Waals surface area contributed by atoms with E-state index in [1.807, 2.05) is 0 Å². The number of ether oxygens (including phenoxy) is 3. The van der Waals surface area contributed by atoms with Gasteiger partial charge in [-0.1, -0.05) is 0 Å². The molecule has 0 atom stereocenters. The highest BCUT2D eigenvalue weighted by molar-refractivity contribution is 5.95. The Bertz CT molecular complexity index is 1270. The Morgan fingerprint density at radius 2 is 1.72 bits per heavy atom. The number of H-pyrrole nitrogens is 1. The summed E-state index contributed by atoms with van der Waals surface area (Å²) in [6.07, 6.45) is 1.54. The maximum absolute atomic E-state index is 14.1. The van der Waals surface area contributed by atoms with E-state index in [0.717, 1.165) is 6.07 Å². The summed E-state index contributed by atoms with van der Waals surface area (Å²) in [5, 5.41) is 13.2. The average Bonchev–Trinajstić information content (AvgIpc) is 3.25. The standard InChI is InChI=1S/C21H20F2N6O3/c1-24-20-12(17-11-5-6-13(22)16(23)18(11)29-28-17)9-25-21(27-20)26-10-7-14(30-2)19(32-4)15(8-10)31-3/h5-9H,1-4H3,(H,28,29)(H2,24,25,26,27). The lowest BCUT2D eigenvalue weighted by molar-refractivity contribution is 0.324. The van der Waals surface area contributed by atoms with Crippen LogP contribution in [0.25, 0.3) is 22.2 Å². The van der Waals surface area contributed by atoms with E-state index < -0.39 is 11.6 Å². The number of methoxy groups -OCH3 is 3. The fraction of sp³-hybridized carbons (Fsp3) is 0.190. The minimum atomic E-state index is -0.992. The molecule has 0 aliphatic heterocycles. The van der Waals surface area contributed by atoms with Crippen LogP contribution in [-0.4, -0.2) is 48.5 Å². The second kappa shape index (κ2) is 8.53. The van der Waals surface area contributed by atoms with Crippen molar-refractivity contribution in [3.8, 4) is 28.5 Å². The molecule has 3 N–H and O–H groups in total. The summed E-state index contributed by atoms with van der Waals surface area (Å²) >= 11 is 0. The third kappa shape index (κ3) is 3.57. The molecule has 0 bridgehead atoms. The monoisotopic (exact) mass is 442 g/mol. The van der Waals surface area contributed by atoms with Crippen LogP contribution in [0.4, 0.5) is 26.2 Å². The van der Waals surface area contributed by atoms with E-state index in [0.29, 0.717) is 45.4 Å². The summed E-state index contributed by atoms with van der Waals surface area (Å²) in [4.78, 5) is 8.82. The molecule has 2 aromatic heterocycles. The van der Waals surface area contributed by atoms with Crippen LogP contribution in [0.2, 0.25) is 0 Å². The average molecular weight is 442 g/mol. The molecule has 0 saturated heterocycles. The van der Waals surface area contributed by atoms with Crippen LogP contribution in [0.5, 0.6) is 17.2 Å². The lowest BCUT2D eigenvalue weighted by atomic mass is 10.1. The van der Waals surface area contributed by atoms with Crippen molar-refractivity contribution in [3.63, 3.8) is 0 Å². The number of hydrogen-bond acceptors (Lipinski definition) is 8. The van der Waals surface area contributed by atoms with Gasteiger partial charge in [0.2, 0.25) is 11.7 Å². The zero-order chi connectivity index (χ0) is 22.8. The molecule has 0 saturated carbocycles. The van der Waals surface area contributed by atoms with E-state index in [1.54, 1.807) is 19.2 Å². The van der Waals surface area contributed by atoms with E-state index in [2.05, 4.69) is 30.8 Å². The highest BCUT2D eigenvalue weighted by atomic mass is 19.2. The molecule has 0 fully saturated rings. The molecule has 0 aliphatic carbocycles. The molecule has 166 valence electrons. The molecule has 2 heterocycles. The molecular weight excluding hydrogens is 422 g/mol. The third-order valence-corrected chi connectivity index (χ3v) is 4.83. The van der Waals surface area contributed by atoms with Crippen molar-refractivity contribution in [3.05, 3.63) is 42.1 Å². The van der Waals surface area contributed by atoms with Crippen molar-refractivity contribution >= 4 is 28.4 Å². The minimum absolute atomic E-state index is 0.0262. The first-order valence-electron chi connectivity index (χ1n) is 9.45. The van der Waals surface area contributed by atoms with Gasteiger partial charge in [-0.2, -0.15) is 10.1 Å². The Labute approximate surface area is 181 Å². The van der Waals surface area contributed by atoms with Crippen molar-refractivity contribution in [2.75, 3.05) is 39.0 Å². The van der Waals surface area contributed by atoms with Crippen LogP contribution in [0.15, 0.2) is 30.5 Å². The summed E-state index contributed by atoms with van der Waals surface area (Å²) in [5.74, 6) is 0.171.